The highest BCUT2D eigenvalue weighted by Crippen LogP contribution is 2.51. The third-order valence-electron chi connectivity index (χ3n) is 5.78. The molecule has 0 radical (unpaired) electrons. The van der Waals surface area contributed by atoms with E-state index in [0.29, 0.717) is 12.0 Å². The van der Waals surface area contributed by atoms with E-state index in [1.807, 2.05) is 19.9 Å². The fourth-order valence-electron chi connectivity index (χ4n) is 4.09. The predicted molar refractivity (Wildman–Crippen MR) is 92.4 cm³/mol. The molecule has 1 aliphatic heterocycles. The summed E-state index contributed by atoms with van der Waals surface area (Å²) in [5.41, 5.74) is 1.34. The van der Waals surface area contributed by atoms with Crippen molar-refractivity contribution in [2.24, 2.45) is 11.8 Å². The monoisotopic (exact) mass is 344 g/mol. The molecule has 1 fully saturated rings. The first-order chi connectivity index (χ1) is 11.7. The Morgan fingerprint density at radius 1 is 1.48 bits per heavy atom. The van der Waals surface area contributed by atoms with Gasteiger partial charge < -0.3 is 14.6 Å². The van der Waals surface area contributed by atoms with Gasteiger partial charge in [0.15, 0.2) is 0 Å². The fourth-order valence-corrected chi connectivity index (χ4v) is 4.09. The minimum atomic E-state index is -1.13. The molecule has 0 saturated carbocycles. The molecule has 5 atom stereocenters. The van der Waals surface area contributed by atoms with Crippen LogP contribution in [0.1, 0.15) is 34.1 Å². The summed E-state index contributed by atoms with van der Waals surface area (Å²) >= 11 is 0. The summed E-state index contributed by atoms with van der Waals surface area (Å²) < 4.78 is 11.2. The number of carbonyl (C=O) groups excluding carboxylic acids is 2. The lowest BCUT2D eigenvalue weighted by Gasteiger charge is -2.35. The Balaban J connectivity index is 2.06. The Kier molecular flexibility index (Phi) is 4.23. The largest absolute Gasteiger partial charge is 0.457 e. The third kappa shape index (κ3) is 2.58. The van der Waals surface area contributed by atoms with Crippen LogP contribution in [0.5, 0.6) is 0 Å². The van der Waals surface area contributed by atoms with Gasteiger partial charge in [-0.05, 0) is 45.8 Å². The first-order valence-electron chi connectivity index (χ1n) is 8.52. The number of aliphatic hydroxyl groups is 1. The molecule has 0 aromatic carbocycles. The van der Waals surface area contributed by atoms with Crippen molar-refractivity contribution in [2.75, 3.05) is 0 Å². The Labute approximate surface area is 147 Å². The highest BCUT2D eigenvalue weighted by Gasteiger charge is 2.58. The number of ether oxygens (including phenoxy) is 2. The van der Waals surface area contributed by atoms with Crippen LogP contribution >= 0.6 is 0 Å². The topological polar surface area (TPSA) is 72.8 Å². The number of carbonyl (C=O) groups is 2. The van der Waals surface area contributed by atoms with E-state index in [-0.39, 0.29) is 11.5 Å². The molecule has 0 unspecified atom stereocenters. The molecule has 3 rings (SSSR count). The molecule has 0 bridgehead atoms. The number of hydrogen-bond donors (Lipinski definition) is 1. The van der Waals surface area contributed by atoms with Crippen LogP contribution < -0.4 is 0 Å². The lowest BCUT2D eigenvalue weighted by atomic mass is 9.76. The zero-order valence-corrected chi connectivity index (χ0v) is 15.0. The van der Waals surface area contributed by atoms with E-state index in [9.17, 15) is 14.7 Å². The van der Waals surface area contributed by atoms with Crippen molar-refractivity contribution in [3.63, 3.8) is 0 Å². The standard InChI is InChI=1S/C20H24O5/c1-6-10(2)18(21)24-14-9-12(4)20(23)8-7-11(3)16(20)17-15(14)13(5)19(22)25-17/h6-7,9,14-17,23H,5,8H2,1-4H3/b10-6+/t14-,15-,16-,17+,20-/m1/s1. The zero-order chi connectivity index (χ0) is 18.5. The van der Waals surface area contributed by atoms with Crippen molar-refractivity contribution in [1.82, 2.24) is 0 Å². The van der Waals surface area contributed by atoms with E-state index in [1.54, 1.807) is 26.0 Å². The van der Waals surface area contributed by atoms with Gasteiger partial charge in [0.25, 0.3) is 0 Å². The van der Waals surface area contributed by atoms with Crippen LogP contribution in [0.25, 0.3) is 0 Å². The number of allylic oxidation sites excluding steroid dienone is 1. The maximum atomic E-state index is 12.3. The predicted octanol–water partition coefficient (Wildman–Crippen LogP) is 2.62. The minimum absolute atomic E-state index is 0.286. The van der Waals surface area contributed by atoms with Crippen molar-refractivity contribution < 1.29 is 24.2 Å². The summed E-state index contributed by atoms with van der Waals surface area (Å²) in [6.45, 7) is 11.1. The van der Waals surface area contributed by atoms with Crippen LogP contribution in [0, 0.1) is 11.8 Å². The molecule has 5 heteroatoms. The van der Waals surface area contributed by atoms with Gasteiger partial charge in [-0.25, -0.2) is 9.59 Å². The molecule has 1 heterocycles. The molecule has 0 aromatic rings. The summed E-state index contributed by atoms with van der Waals surface area (Å²) in [4.78, 5) is 24.4. The van der Waals surface area contributed by atoms with Crippen molar-refractivity contribution in [1.29, 1.82) is 0 Å². The van der Waals surface area contributed by atoms with Crippen LogP contribution in [0.15, 0.2) is 47.1 Å². The van der Waals surface area contributed by atoms with Gasteiger partial charge in [-0.1, -0.05) is 24.3 Å². The third-order valence-corrected chi connectivity index (χ3v) is 5.78. The molecule has 1 saturated heterocycles. The highest BCUT2D eigenvalue weighted by molar-refractivity contribution is 5.92. The average Bonchev–Trinajstić information content (AvgIpc) is 3.00. The molecular weight excluding hydrogens is 320 g/mol. The molecular formula is C20H24O5. The number of hydrogen-bond acceptors (Lipinski definition) is 5. The highest BCUT2D eigenvalue weighted by atomic mass is 16.6. The van der Waals surface area contributed by atoms with Gasteiger partial charge in [0.05, 0.1) is 17.4 Å². The summed E-state index contributed by atoms with van der Waals surface area (Å²) in [7, 11) is 0. The van der Waals surface area contributed by atoms with E-state index in [0.717, 1.165) is 11.1 Å². The van der Waals surface area contributed by atoms with E-state index in [2.05, 4.69) is 6.58 Å². The summed E-state index contributed by atoms with van der Waals surface area (Å²) in [6.07, 6.45) is 4.55. The molecule has 2 aliphatic carbocycles. The molecule has 0 amide bonds. The summed E-state index contributed by atoms with van der Waals surface area (Å²) in [6, 6.07) is 0. The molecule has 25 heavy (non-hydrogen) atoms. The van der Waals surface area contributed by atoms with Crippen molar-refractivity contribution in [3.8, 4) is 0 Å². The smallest absolute Gasteiger partial charge is 0.334 e. The Morgan fingerprint density at radius 2 is 2.16 bits per heavy atom. The second-order valence-electron chi connectivity index (χ2n) is 7.17. The summed E-state index contributed by atoms with van der Waals surface area (Å²) in [5.74, 6) is -1.80. The molecule has 0 spiro atoms. The van der Waals surface area contributed by atoms with Gasteiger partial charge in [-0.3, -0.25) is 0 Å². The second kappa shape index (κ2) is 5.99. The molecule has 134 valence electrons. The van der Waals surface area contributed by atoms with E-state index in [1.165, 1.54) is 0 Å². The maximum Gasteiger partial charge on any atom is 0.334 e. The maximum absolute atomic E-state index is 12.3. The molecule has 5 nitrogen and oxygen atoms in total. The van der Waals surface area contributed by atoms with Gasteiger partial charge >= 0.3 is 11.9 Å². The van der Waals surface area contributed by atoms with Crippen LogP contribution in [-0.4, -0.2) is 34.9 Å². The molecule has 0 aromatic heterocycles. The van der Waals surface area contributed by atoms with Crippen LogP contribution in [-0.2, 0) is 19.1 Å². The van der Waals surface area contributed by atoms with E-state index in [4.69, 9.17) is 9.47 Å². The van der Waals surface area contributed by atoms with Crippen molar-refractivity contribution in [3.05, 3.63) is 47.1 Å². The van der Waals surface area contributed by atoms with Gasteiger partial charge in [0, 0.05) is 11.1 Å². The number of esters is 2. The lowest BCUT2D eigenvalue weighted by molar-refractivity contribution is -0.147. The average molecular weight is 344 g/mol. The SMILES string of the molecule is C=C1C(=O)O[C@H]2[C@H]1[C@H](OC(=O)/C(C)=C/C)C=C(C)[C@]1(O)CC=C(C)[C@H]21. The lowest BCUT2D eigenvalue weighted by Crippen LogP contribution is -2.44. The van der Waals surface area contributed by atoms with Crippen LogP contribution in [0.4, 0.5) is 0 Å². The number of rotatable bonds is 2. The Morgan fingerprint density at radius 3 is 2.80 bits per heavy atom. The quantitative estimate of drug-likeness (QED) is 0.474. The normalized spacial score (nSPS) is 37.6. The van der Waals surface area contributed by atoms with Gasteiger partial charge in [-0.15, -0.1) is 0 Å². The molecule has 3 aliphatic rings. The van der Waals surface area contributed by atoms with Gasteiger partial charge in [0.1, 0.15) is 12.2 Å². The first kappa shape index (κ1) is 17.7. The van der Waals surface area contributed by atoms with E-state index < -0.39 is 35.7 Å². The van der Waals surface area contributed by atoms with Crippen LogP contribution in [0.3, 0.4) is 0 Å². The van der Waals surface area contributed by atoms with Crippen molar-refractivity contribution >= 4 is 11.9 Å². The fraction of sp³-hybridized carbons (Fsp3) is 0.500. The van der Waals surface area contributed by atoms with Crippen LogP contribution in [0.2, 0.25) is 0 Å². The van der Waals surface area contributed by atoms with Crippen molar-refractivity contribution in [2.45, 2.75) is 51.9 Å². The summed E-state index contributed by atoms with van der Waals surface area (Å²) in [5, 5.41) is 11.3. The first-order valence-corrected chi connectivity index (χ1v) is 8.52. The van der Waals surface area contributed by atoms with Gasteiger partial charge in [0.2, 0.25) is 0 Å². The van der Waals surface area contributed by atoms with E-state index >= 15 is 0 Å². The number of fused-ring (bicyclic) bond motifs is 3. The zero-order valence-electron chi connectivity index (χ0n) is 15.0. The second-order valence-corrected chi connectivity index (χ2v) is 7.17. The van der Waals surface area contributed by atoms with Gasteiger partial charge in [-0.2, -0.15) is 0 Å². The Hall–Kier alpha value is -2.14. The molecule has 1 N–H and O–H groups in total. The minimum Gasteiger partial charge on any atom is -0.457 e. The Bertz CT molecular complexity index is 741.